The van der Waals surface area contributed by atoms with Crippen LogP contribution in [-0.4, -0.2) is 35.3 Å². The zero-order valence-electron chi connectivity index (χ0n) is 16.0. The van der Waals surface area contributed by atoms with Crippen molar-refractivity contribution >= 4 is 17.4 Å². The lowest BCUT2D eigenvalue weighted by Gasteiger charge is -2.28. The number of hydrogen-bond donors (Lipinski definition) is 2. The van der Waals surface area contributed by atoms with Crippen LogP contribution in [0.1, 0.15) is 55.8 Å². The molecule has 1 aliphatic carbocycles. The first-order valence-corrected chi connectivity index (χ1v) is 9.89. The van der Waals surface area contributed by atoms with Crippen molar-refractivity contribution in [1.82, 2.24) is 15.5 Å². The number of carbonyl (C=O) groups is 1. The Bertz CT molecular complexity index is 810. The normalized spacial score (nSPS) is 22.7. The van der Waals surface area contributed by atoms with E-state index in [1.807, 2.05) is 18.7 Å². The summed E-state index contributed by atoms with van der Waals surface area (Å²) in [5.41, 5.74) is 3.18. The Hall–Kier alpha value is -2.57. The lowest BCUT2D eigenvalue weighted by molar-refractivity contribution is 0.252. The van der Waals surface area contributed by atoms with Crippen LogP contribution in [-0.2, 0) is 6.42 Å². The first-order valence-electron chi connectivity index (χ1n) is 9.89. The maximum Gasteiger partial charge on any atom is 0.322 e. The molecule has 0 unspecified atom stereocenters. The maximum atomic E-state index is 12.0. The summed E-state index contributed by atoms with van der Waals surface area (Å²) < 4.78 is 5.42. The topological polar surface area (TPSA) is 83.3 Å². The number of amides is 2. The summed E-state index contributed by atoms with van der Waals surface area (Å²) in [5, 5.41) is 10.5. The SMILES string of the molecule is CCc1noc(C2CCC(Nc3ccc(C)c(N4CCNC4=O)c3)CC2)n1. The number of rotatable bonds is 5. The van der Waals surface area contributed by atoms with Gasteiger partial charge in [-0.05, 0) is 50.3 Å². The third-order valence-corrected chi connectivity index (χ3v) is 5.60. The molecule has 2 amide bonds. The zero-order chi connectivity index (χ0) is 18.8. The Balaban J connectivity index is 1.38. The Morgan fingerprint density at radius 2 is 2.11 bits per heavy atom. The van der Waals surface area contributed by atoms with Crippen LogP contribution in [0.5, 0.6) is 0 Å². The highest BCUT2D eigenvalue weighted by atomic mass is 16.5. The van der Waals surface area contributed by atoms with Crippen molar-refractivity contribution in [3.63, 3.8) is 0 Å². The van der Waals surface area contributed by atoms with Gasteiger partial charge in [0, 0.05) is 37.2 Å². The number of anilines is 2. The highest BCUT2D eigenvalue weighted by molar-refractivity contribution is 5.95. The molecule has 1 aliphatic heterocycles. The number of urea groups is 1. The lowest BCUT2D eigenvalue weighted by Crippen LogP contribution is -2.29. The molecule has 27 heavy (non-hydrogen) atoms. The molecule has 4 rings (SSSR count). The smallest absolute Gasteiger partial charge is 0.322 e. The van der Waals surface area contributed by atoms with E-state index in [0.29, 0.717) is 18.5 Å². The second-order valence-electron chi connectivity index (χ2n) is 7.48. The third-order valence-electron chi connectivity index (χ3n) is 5.60. The van der Waals surface area contributed by atoms with Gasteiger partial charge >= 0.3 is 6.03 Å². The number of nitrogens with zero attached hydrogens (tertiary/aromatic N) is 3. The average molecular weight is 369 g/mol. The summed E-state index contributed by atoms with van der Waals surface area (Å²) in [6, 6.07) is 6.70. The van der Waals surface area contributed by atoms with E-state index in [1.54, 1.807) is 0 Å². The van der Waals surface area contributed by atoms with E-state index in [2.05, 4.69) is 39.0 Å². The number of benzene rings is 1. The highest BCUT2D eigenvalue weighted by Gasteiger charge is 2.27. The standard InChI is InChI=1S/C20H27N5O2/c1-3-18-23-19(27-24-18)14-5-8-15(9-6-14)22-16-7-4-13(2)17(12-16)25-11-10-21-20(25)26/h4,7,12,14-15,22H,3,5-6,8-11H2,1-2H3,(H,21,26). The Kier molecular flexibility index (Phi) is 5.01. The second kappa shape index (κ2) is 7.58. The minimum absolute atomic E-state index is 0.0123. The molecule has 1 aromatic heterocycles. The Labute approximate surface area is 159 Å². The van der Waals surface area contributed by atoms with Crippen LogP contribution >= 0.6 is 0 Å². The van der Waals surface area contributed by atoms with E-state index in [9.17, 15) is 4.79 Å². The van der Waals surface area contributed by atoms with Gasteiger partial charge in [0.15, 0.2) is 5.82 Å². The molecular formula is C20H27N5O2. The summed E-state index contributed by atoms with van der Waals surface area (Å²) in [6.07, 6.45) is 5.06. The van der Waals surface area contributed by atoms with Crippen LogP contribution in [0.3, 0.4) is 0 Å². The minimum atomic E-state index is -0.0123. The van der Waals surface area contributed by atoms with E-state index >= 15 is 0 Å². The molecule has 0 atom stereocenters. The highest BCUT2D eigenvalue weighted by Crippen LogP contribution is 2.34. The number of aromatic nitrogens is 2. The summed E-state index contributed by atoms with van der Waals surface area (Å²) in [5.74, 6) is 1.96. The van der Waals surface area contributed by atoms with Gasteiger partial charge < -0.3 is 15.2 Å². The van der Waals surface area contributed by atoms with Gasteiger partial charge in [-0.1, -0.05) is 18.1 Å². The fourth-order valence-electron chi connectivity index (χ4n) is 3.99. The van der Waals surface area contributed by atoms with Gasteiger partial charge in [0.2, 0.25) is 5.89 Å². The Morgan fingerprint density at radius 3 is 2.78 bits per heavy atom. The largest absolute Gasteiger partial charge is 0.382 e. The second-order valence-corrected chi connectivity index (χ2v) is 7.48. The van der Waals surface area contributed by atoms with Gasteiger partial charge in [0.1, 0.15) is 0 Å². The predicted octanol–water partition coefficient (Wildman–Crippen LogP) is 3.61. The number of aryl methyl sites for hydroxylation is 2. The van der Waals surface area contributed by atoms with E-state index in [1.165, 1.54) is 0 Å². The fourth-order valence-corrected chi connectivity index (χ4v) is 3.99. The predicted molar refractivity (Wildman–Crippen MR) is 104 cm³/mol. The van der Waals surface area contributed by atoms with Crippen molar-refractivity contribution < 1.29 is 9.32 Å². The minimum Gasteiger partial charge on any atom is -0.382 e. The molecule has 0 bridgehead atoms. The van der Waals surface area contributed by atoms with Crippen molar-refractivity contribution in [2.45, 2.75) is 57.9 Å². The summed E-state index contributed by atoms with van der Waals surface area (Å²) in [7, 11) is 0. The molecule has 2 aromatic rings. The third kappa shape index (κ3) is 3.77. The van der Waals surface area contributed by atoms with Crippen LogP contribution in [0.15, 0.2) is 22.7 Å². The molecule has 0 radical (unpaired) electrons. The zero-order valence-corrected chi connectivity index (χ0v) is 16.0. The summed E-state index contributed by atoms with van der Waals surface area (Å²) in [4.78, 5) is 18.3. The van der Waals surface area contributed by atoms with Gasteiger partial charge in [-0.2, -0.15) is 4.98 Å². The van der Waals surface area contributed by atoms with E-state index in [0.717, 1.165) is 67.3 Å². The Morgan fingerprint density at radius 1 is 1.30 bits per heavy atom. The number of nitrogens with one attached hydrogen (secondary N) is 2. The van der Waals surface area contributed by atoms with Crippen molar-refractivity contribution in [3.8, 4) is 0 Å². The van der Waals surface area contributed by atoms with Gasteiger partial charge in [-0.3, -0.25) is 4.90 Å². The van der Waals surface area contributed by atoms with Crippen molar-refractivity contribution in [3.05, 3.63) is 35.5 Å². The van der Waals surface area contributed by atoms with Crippen LogP contribution in [0.2, 0.25) is 0 Å². The fraction of sp³-hybridized carbons (Fsp3) is 0.550. The quantitative estimate of drug-likeness (QED) is 0.841. The average Bonchev–Trinajstić information content (AvgIpc) is 3.33. The molecule has 1 aromatic carbocycles. The molecule has 2 heterocycles. The number of hydrogen-bond acceptors (Lipinski definition) is 5. The van der Waals surface area contributed by atoms with Crippen LogP contribution in [0.4, 0.5) is 16.2 Å². The molecule has 144 valence electrons. The van der Waals surface area contributed by atoms with Gasteiger partial charge in [0.05, 0.1) is 5.69 Å². The molecule has 1 saturated carbocycles. The number of carbonyl (C=O) groups excluding carboxylic acids is 1. The van der Waals surface area contributed by atoms with Gasteiger partial charge in [-0.25, -0.2) is 4.79 Å². The van der Waals surface area contributed by atoms with E-state index in [-0.39, 0.29) is 6.03 Å². The van der Waals surface area contributed by atoms with Crippen molar-refractivity contribution in [2.24, 2.45) is 0 Å². The molecular weight excluding hydrogens is 342 g/mol. The molecule has 0 spiro atoms. The maximum absolute atomic E-state index is 12.0. The first kappa shape index (κ1) is 17.8. The van der Waals surface area contributed by atoms with Crippen LogP contribution < -0.4 is 15.5 Å². The molecule has 1 saturated heterocycles. The molecule has 2 fully saturated rings. The molecule has 7 heteroatoms. The van der Waals surface area contributed by atoms with Gasteiger partial charge in [0.25, 0.3) is 0 Å². The molecule has 2 aliphatic rings. The van der Waals surface area contributed by atoms with E-state index in [4.69, 9.17) is 4.52 Å². The molecule has 7 nitrogen and oxygen atoms in total. The van der Waals surface area contributed by atoms with Crippen molar-refractivity contribution in [1.29, 1.82) is 0 Å². The first-order chi connectivity index (χ1) is 13.1. The van der Waals surface area contributed by atoms with Crippen molar-refractivity contribution in [2.75, 3.05) is 23.3 Å². The summed E-state index contributed by atoms with van der Waals surface area (Å²) >= 11 is 0. The lowest BCUT2D eigenvalue weighted by atomic mass is 9.86. The van der Waals surface area contributed by atoms with Crippen LogP contribution in [0, 0.1) is 6.92 Å². The monoisotopic (exact) mass is 369 g/mol. The van der Waals surface area contributed by atoms with E-state index < -0.39 is 0 Å². The van der Waals surface area contributed by atoms with Crippen LogP contribution in [0.25, 0.3) is 0 Å². The van der Waals surface area contributed by atoms with Gasteiger partial charge in [-0.15, -0.1) is 0 Å². The summed E-state index contributed by atoms with van der Waals surface area (Å²) in [6.45, 7) is 5.51. The molecule has 2 N–H and O–H groups in total.